The molecule has 0 aliphatic carbocycles. The molecule has 182 valence electrons. The van der Waals surface area contributed by atoms with Crippen LogP contribution in [0.25, 0.3) is 0 Å². The molecule has 0 saturated carbocycles. The number of carbonyl (C=O) groups is 1. The second-order valence-corrected chi connectivity index (χ2v) is 10.8. The number of hydrogen-bond donors (Lipinski definition) is 2. The van der Waals surface area contributed by atoms with Gasteiger partial charge in [0.2, 0.25) is 0 Å². The quantitative estimate of drug-likeness (QED) is 0.306. The fraction of sp³-hybridized carbons (Fsp3) is 0.625. The van der Waals surface area contributed by atoms with Crippen molar-refractivity contribution in [2.45, 2.75) is 71.6 Å². The number of hydrogen-bond acceptors (Lipinski definition) is 7. The van der Waals surface area contributed by atoms with Gasteiger partial charge in [0, 0.05) is 30.4 Å². The molecule has 0 fully saturated rings. The molecular weight excluding hydrogens is 436 g/mol. The van der Waals surface area contributed by atoms with Gasteiger partial charge >= 0.3 is 5.97 Å². The van der Waals surface area contributed by atoms with Crippen molar-refractivity contribution in [1.29, 1.82) is 0 Å². The van der Waals surface area contributed by atoms with Crippen LogP contribution in [0.4, 0.5) is 17.3 Å². The van der Waals surface area contributed by atoms with Gasteiger partial charge in [-0.3, -0.25) is 4.57 Å². The van der Waals surface area contributed by atoms with E-state index in [1.165, 1.54) is 0 Å². The standard InChI is InChI=1S/C24H38N6O2S/c1-15(2)9-11-30(12-10-16(3)4)19-13-17(21(31)32)18(14-20(19)33)25-27-23-28-26-22(29(23)8)24(5,6)7/h13-16,33H,9-12H2,1-8H3,(H,31,32). The average Bonchev–Trinajstić information content (AvgIpc) is 3.07. The van der Waals surface area contributed by atoms with Crippen LogP contribution in [0.2, 0.25) is 0 Å². The lowest BCUT2D eigenvalue weighted by Crippen LogP contribution is -2.28. The summed E-state index contributed by atoms with van der Waals surface area (Å²) in [7, 11) is 1.82. The molecule has 0 aliphatic heterocycles. The molecule has 2 rings (SSSR count). The van der Waals surface area contributed by atoms with E-state index in [-0.39, 0.29) is 16.7 Å². The molecule has 1 heterocycles. The number of aromatic carboxylic acids is 1. The molecule has 0 spiro atoms. The Labute approximate surface area is 202 Å². The Morgan fingerprint density at radius 2 is 1.67 bits per heavy atom. The SMILES string of the molecule is CC(C)CCN(CCC(C)C)c1cc(C(=O)O)c(N=Nc2nnc(C(C)(C)C)n2C)cc1S. The van der Waals surface area contributed by atoms with Crippen molar-refractivity contribution in [3.63, 3.8) is 0 Å². The Balaban J connectivity index is 2.44. The van der Waals surface area contributed by atoms with Crippen molar-refractivity contribution < 1.29 is 9.90 Å². The predicted octanol–water partition coefficient (Wildman–Crippen LogP) is 6.41. The molecule has 0 radical (unpaired) electrons. The second-order valence-electron chi connectivity index (χ2n) is 10.3. The highest BCUT2D eigenvalue weighted by atomic mass is 32.1. The molecule has 1 N–H and O–H groups in total. The summed E-state index contributed by atoms with van der Waals surface area (Å²) in [4.78, 5) is 15.0. The normalized spacial score (nSPS) is 12.3. The van der Waals surface area contributed by atoms with Crippen LogP contribution >= 0.6 is 12.6 Å². The van der Waals surface area contributed by atoms with Gasteiger partial charge in [-0.15, -0.1) is 33.1 Å². The summed E-state index contributed by atoms with van der Waals surface area (Å²) >= 11 is 4.68. The molecule has 9 heteroatoms. The van der Waals surface area contributed by atoms with Gasteiger partial charge in [0.05, 0.1) is 11.3 Å². The summed E-state index contributed by atoms with van der Waals surface area (Å²) in [5.41, 5.74) is 0.939. The summed E-state index contributed by atoms with van der Waals surface area (Å²) in [6, 6.07) is 3.33. The number of azo groups is 1. The Bertz CT molecular complexity index is 980. The molecule has 8 nitrogen and oxygen atoms in total. The van der Waals surface area contributed by atoms with E-state index < -0.39 is 5.97 Å². The van der Waals surface area contributed by atoms with Crippen molar-refractivity contribution >= 4 is 35.9 Å². The van der Waals surface area contributed by atoms with E-state index in [0.717, 1.165) is 37.4 Å². The van der Waals surface area contributed by atoms with Crippen molar-refractivity contribution in [1.82, 2.24) is 14.8 Å². The number of thiol groups is 1. The molecule has 0 unspecified atom stereocenters. The Kier molecular flexibility index (Phi) is 9.05. The van der Waals surface area contributed by atoms with Crippen molar-refractivity contribution in [2.75, 3.05) is 18.0 Å². The third-order valence-corrected chi connectivity index (χ3v) is 5.74. The van der Waals surface area contributed by atoms with Crippen LogP contribution in [0.3, 0.4) is 0 Å². The van der Waals surface area contributed by atoms with Crippen molar-refractivity contribution in [3.05, 3.63) is 23.5 Å². The molecule has 0 amide bonds. The maximum absolute atomic E-state index is 12.1. The van der Waals surface area contributed by atoms with Gasteiger partial charge in [0.1, 0.15) is 11.5 Å². The number of rotatable bonds is 10. The minimum absolute atomic E-state index is 0.0869. The summed E-state index contributed by atoms with van der Waals surface area (Å²) in [6.45, 7) is 16.5. The maximum Gasteiger partial charge on any atom is 0.338 e. The molecule has 0 atom stereocenters. The Morgan fingerprint density at radius 1 is 1.09 bits per heavy atom. The van der Waals surface area contributed by atoms with E-state index in [1.807, 2.05) is 27.8 Å². The number of carboxylic acid groups (broad SMARTS) is 1. The summed E-state index contributed by atoms with van der Waals surface area (Å²) in [5.74, 6) is 1.12. The van der Waals surface area contributed by atoms with Gasteiger partial charge in [0.15, 0.2) is 0 Å². The highest BCUT2D eigenvalue weighted by Gasteiger charge is 2.22. The molecule has 33 heavy (non-hydrogen) atoms. The number of benzene rings is 1. The van der Waals surface area contributed by atoms with Crippen LogP contribution in [0.5, 0.6) is 0 Å². The smallest absolute Gasteiger partial charge is 0.338 e. The molecule has 0 aliphatic rings. The Hall–Kier alpha value is -2.42. The van der Waals surface area contributed by atoms with Crippen molar-refractivity contribution in [2.24, 2.45) is 29.1 Å². The lowest BCUT2D eigenvalue weighted by Gasteiger charge is -2.28. The lowest BCUT2D eigenvalue weighted by molar-refractivity contribution is 0.0697. The fourth-order valence-electron chi connectivity index (χ4n) is 3.41. The van der Waals surface area contributed by atoms with E-state index in [9.17, 15) is 9.90 Å². The molecule has 0 bridgehead atoms. The summed E-state index contributed by atoms with van der Waals surface area (Å²) < 4.78 is 1.76. The predicted molar refractivity (Wildman–Crippen MR) is 136 cm³/mol. The fourth-order valence-corrected chi connectivity index (χ4v) is 3.74. The number of carboxylic acids is 1. The first-order valence-electron chi connectivity index (χ1n) is 11.5. The third-order valence-electron chi connectivity index (χ3n) is 5.39. The number of anilines is 1. The zero-order valence-corrected chi connectivity index (χ0v) is 22.0. The summed E-state index contributed by atoms with van der Waals surface area (Å²) in [6.07, 6.45) is 2.02. The molecular formula is C24H38N6O2S. The lowest BCUT2D eigenvalue weighted by atomic mass is 9.96. The van der Waals surface area contributed by atoms with Gasteiger partial charge in [-0.25, -0.2) is 4.79 Å². The third kappa shape index (κ3) is 7.28. The van der Waals surface area contributed by atoms with Gasteiger partial charge < -0.3 is 10.0 Å². The average molecular weight is 475 g/mol. The molecule has 0 saturated heterocycles. The molecule has 1 aromatic heterocycles. The monoisotopic (exact) mass is 474 g/mol. The van der Waals surface area contributed by atoms with Crippen LogP contribution in [0.1, 0.15) is 77.5 Å². The zero-order valence-electron chi connectivity index (χ0n) is 21.1. The second kappa shape index (κ2) is 11.1. The molecule has 2 aromatic rings. The first-order chi connectivity index (χ1) is 15.3. The van der Waals surface area contributed by atoms with E-state index >= 15 is 0 Å². The Morgan fingerprint density at radius 3 is 2.12 bits per heavy atom. The van der Waals surface area contributed by atoms with Gasteiger partial charge in [-0.2, -0.15) is 0 Å². The van der Waals surface area contributed by atoms with Crippen LogP contribution in [-0.2, 0) is 12.5 Å². The first-order valence-corrected chi connectivity index (χ1v) is 11.9. The zero-order chi connectivity index (χ0) is 24.9. The molecule has 1 aromatic carbocycles. The largest absolute Gasteiger partial charge is 0.478 e. The van der Waals surface area contributed by atoms with Crippen LogP contribution < -0.4 is 4.90 Å². The maximum atomic E-state index is 12.1. The van der Waals surface area contributed by atoms with Gasteiger partial charge in [-0.1, -0.05) is 48.5 Å². The van der Waals surface area contributed by atoms with E-state index in [2.05, 4.69) is 65.6 Å². The van der Waals surface area contributed by atoms with E-state index in [4.69, 9.17) is 0 Å². The number of aromatic nitrogens is 3. The van der Waals surface area contributed by atoms with E-state index in [0.29, 0.717) is 22.7 Å². The summed E-state index contributed by atoms with van der Waals surface area (Å²) in [5, 5.41) is 26.6. The van der Waals surface area contributed by atoms with Crippen LogP contribution in [0.15, 0.2) is 27.3 Å². The van der Waals surface area contributed by atoms with Crippen molar-refractivity contribution in [3.8, 4) is 0 Å². The minimum atomic E-state index is -1.06. The first kappa shape index (κ1) is 26.8. The highest BCUT2D eigenvalue weighted by molar-refractivity contribution is 7.80. The number of nitrogens with zero attached hydrogens (tertiary/aromatic N) is 6. The van der Waals surface area contributed by atoms with Crippen LogP contribution in [0, 0.1) is 11.8 Å². The highest BCUT2D eigenvalue weighted by Crippen LogP contribution is 2.34. The van der Waals surface area contributed by atoms with E-state index in [1.54, 1.807) is 16.7 Å². The van der Waals surface area contributed by atoms with Gasteiger partial charge in [0.25, 0.3) is 5.95 Å². The van der Waals surface area contributed by atoms with Gasteiger partial charge in [-0.05, 0) is 36.8 Å². The minimum Gasteiger partial charge on any atom is -0.478 e. The topological polar surface area (TPSA) is 96.0 Å². The van der Waals surface area contributed by atoms with Crippen LogP contribution in [-0.4, -0.2) is 38.9 Å².